The summed E-state index contributed by atoms with van der Waals surface area (Å²) in [5.74, 6) is -0.388. The molecule has 0 heterocycles. The molecule has 5 nitrogen and oxygen atoms in total. The van der Waals surface area contributed by atoms with Crippen LogP contribution in [0.15, 0.2) is 24.3 Å². The summed E-state index contributed by atoms with van der Waals surface area (Å²) in [6, 6.07) is 7.01. The lowest BCUT2D eigenvalue weighted by Crippen LogP contribution is -2.44. The molecule has 112 valence electrons. The third-order valence-electron chi connectivity index (χ3n) is 1.99. The van der Waals surface area contributed by atoms with Crippen LogP contribution in [-0.4, -0.2) is 17.6 Å². The molecule has 0 unspecified atom stereocenters. The number of rotatable bonds is 1. The van der Waals surface area contributed by atoms with Gasteiger partial charge in [0, 0.05) is 5.56 Å². The second kappa shape index (κ2) is 8.19. The van der Waals surface area contributed by atoms with Crippen molar-refractivity contribution < 1.29 is 14.3 Å². The molecule has 20 heavy (non-hydrogen) atoms. The van der Waals surface area contributed by atoms with Crippen molar-refractivity contribution in [3.8, 4) is 0 Å². The van der Waals surface area contributed by atoms with Crippen LogP contribution in [0.3, 0.4) is 0 Å². The van der Waals surface area contributed by atoms with E-state index in [1.807, 2.05) is 32.9 Å². The van der Waals surface area contributed by atoms with Crippen LogP contribution in [0, 0.1) is 6.92 Å². The van der Waals surface area contributed by atoms with Gasteiger partial charge in [0.25, 0.3) is 5.91 Å². The van der Waals surface area contributed by atoms with Gasteiger partial charge in [-0.3, -0.25) is 10.2 Å². The van der Waals surface area contributed by atoms with Gasteiger partial charge in [0.2, 0.25) is 0 Å². The van der Waals surface area contributed by atoms with E-state index in [-0.39, 0.29) is 5.91 Å². The monoisotopic (exact) mass is 280 g/mol. The zero-order chi connectivity index (χ0) is 15.8. The summed E-state index contributed by atoms with van der Waals surface area (Å²) >= 11 is 0. The Hall–Kier alpha value is -2.04. The van der Waals surface area contributed by atoms with Gasteiger partial charge in [-0.05, 0) is 39.8 Å². The maximum atomic E-state index is 11.6. The van der Waals surface area contributed by atoms with Crippen LogP contribution in [0.4, 0.5) is 4.79 Å². The molecule has 0 bridgehead atoms. The molecular formula is C15H24N2O3. The number of hydrazine groups is 1. The molecule has 5 heteroatoms. The lowest BCUT2D eigenvalue weighted by molar-refractivity contribution is 0.0483. The van der Waals surface area contributed by atoms with Crippen LogP contribution in [0.5, 0.6) is 0 Å². The lowest BCUT2D eigenvalue weighted by Gasteiger charge is -2.19. The lowest BCUT2D eigenvalue weighted by atomic mass is 10.1. The van der Waals surface area contributed by atoms with E-state index < -0.39 is 11.7 Å². The van der Waals surface area contributed by atoms with Gasteiger partial charge in [-0.15, -0.1) is 0 Å². The fourth-order valence-electron chi connectivity index (χ4n) is 1.19. The summed E-state index contributed by atoms with van der Waals surface area (Å²) in [7, 11) is 0. The Kier molecular flexibility index (Phi) is 7.36. The number of nitrogens with one attached hydrogen (secondary N) is 2. The van der Waals surface area contributed by atoms with E-state index in [1.54, 1.807) is 32.9 Å². The van der Waals surface area contributed by atoms with Gasteiger partial charge in [-0.2, -0.15) is 0 Å². The fraction of sp³-hybridized carbons (Fsp3) is 0.467. The zero-order valence-electron chi connectivity index (χ0n) is 13.0. The predicted molar refractivity (Wildman–Crippen MR) is 79.4 cm³/mol. The van der Waals surface area contributed by atoms with Crippen molar-refractivity contribution in [3.05, 3.63) is 35.4 Å². The third-order valence-corrected chi connectivity index (χ3v) is 1.99. The number of benzene rings is 1. The van der Waals surface area contributed by atoms with Crippen molar-refractivity contribution in [1.29, 1.82) is 0 Å². The Morgan fingerprint density at radius 3 is 1.95 bits per heavy atom. The van der Waals surface area contributed by atoms with Crippen molar-refractivity contribution >= 4 is 12.0 Å². The molecule has 1 aromatic carbocycles. The van der Waals surface area contributed by atoms with Gasteiger partial charge in [0.15, 0.2) is 0 Å². The van der Waals surface area contributed by atoms with Crippen LogP contribution in [0.25, 0.3) is 0 Å². The normalized spacial score (nSPS) is 9.90. The number of ether oxygens (including phenoxy) is 1. The molecular weight excluding hydrogens is 256 g/mol. The van der Waals surface area contributed by atoms with Gasteiger partial charge >= 0.3 is 6.09 Å². The average molecular weight is 280 g/mol. The van der Waals surface area contributed by atoms with E-state index in [1.165, 1.54) is 0 Å². The van der Waals surface area contributed by atoms with Crippen molar-refractivity contribution in [2.45, 2.75) is 47.1 Å². The summed E-state index contributed by atoms with van der Waals surface area (Å²) in [4.78, 5) is 22.9. The number of hydrogen-bond acceptors (Lipinski definition) is 3. The molecule has 0 aliphatic heterocycles. The van der Waals surface area contributed by atoms with E-state index in [2.05, 4.69) is 10.9 Å². The van der Waals surface area contributed by atoms with E-state index in [0.717, 1.165) is 5.56 Å². The molecule has 0 radical (unpaired) electrons. The summed E-state index contributed by atoms with van der Waals surface area (Å²) in [5, 5.41) is 0. The molecule has 2 N–H and O–H groups in total. The summed E-state index contributed by atoms with van der Waals surface area (Å²) in [6.07, 6.45) is -0.692. The smallest absolute Gasteiger partial charge is 0.426 e. The molecule has 2 amide bonds. The van der Waals surface area contributed by atoms with Crippen molar-refractivity contribution in [1.82, 2.24) is 10.9 Å². The molecule has 0 aromatic heterocycles. The van der Waals surface area contributed by atoms with E-state index in [4.69, 9.17) is 4.74 Å². The number of hydrogen-bond donors (Lipinski definition) is 2. The standard InChI is InChI=1S/C13H18N2O3.C2H6/c1-9-5-7-10(8-6-9)11(16)14-15-12(17)18-13(2,3)4;1-2/h5-8H,1-4H3,(H,14,16)(H,15,17);1-2H3. The van der Waals surface area contributed by atoms with Crippen molar-refractivity contribution in [2.24, 2.45) is 0 Å². The van der Waals surface area contributed by atoms with Crippen molar-refractivity contribution in [3.63, 3.8) is 0 Å². The molecule has 0 aliphatic carbocycles. The highest BCUT2D eigenvalue weighted by Crippen LogP contribution is 2.06. The summed E-state index contributed by atoms with van der Waals surface area (Å²) in [5.41, 5.74) is 5.40. The molecule has 0 spiro atoms. The first-order valence-corrected chi connectivity index (χ1v) is 6.64. The number of aryl methyl sites for hydroxylation is 1. The van der Waals surface area contributed by atoms with Crippen LogP contribution in [0.2, 0.25) is 0 Å². The summed E-state index contributed by atoms with van der Waals surface area (Å²) < 4.78 is 4.98. The quantitative estimate of drug-likeness (QED) is 0.776. The average Bonchev–Trinajstić information content (AvgIpc) is 2.37. The van der Waals surface area contributed by atoms with Gasteiger partial charge in [-0.25, -0.2) is 10.2 Å². The summed E-state index contributed by atoms with van der Waals surface area (Å²) in [6.45, 7) is 11.2. The Balaban J connectivity index is 0.00000172. The van der Waals surface area contributed by atoms with E-state index in [0.29, 0.717) is 5.56 Å². The number of carbonyl (C=O) groups excluding carboxylic acids is 2. The molecule has 0 fully saturated rings. The van der Waals surface area contributed by atoms with E-state index in [9.17, 15) is 9.59 Å². The minimum Gasteiger partial charge on any atom is -0.443 e. The fourth-order valence-corrected chi connectivity index (χ4v) is 1.19. The Morgan fingerprint density at radius 2 is 1.50 bits per heavy atom. The maximum Gasteiger partial charge on any atom is 0.426 e. The van der Waals surface area contributed by atoms with Gasteiger partial charge in [-0.1, -0.05) is 31.5 Å². The van der Waals surface area contributed by atoms with Gasteiger partial charge in [0.1, 0.15) is 5.60 Å². The third kappa shape index (κ3) is 7.41. The Labute approximate surface area is 120 Å². The van der Waals surface area contributed by atoms with E-state index >= 15 is 0 Å². The number of amides is 2. The highest BCUT2D eigenvalue weighted by atomic mass is 16.6. The molecule has 0 aliphatic rings. The predicted octanol–water partition coefficient (Wildman–Crippen LogP) is 3.19. The molecule has 0 saturated carbocycles. The molecule has 1 aromatic rings. The second-order valence-corrected chi connectivity index (χ2v) is 4.95. The largest absolute Gasteiger partial charge is 0.443 e. The first-order chi connectivity index (χ1) is 9.28. The minimum absolute atomic E-state index is 0.388. The topological polar surface area (TPSA) is 67.4 Å². The van der Waals surface area contributed by atoms with Gasteiger partial charge < -0.3 is 4.74 Å². The number of carbonyl (C=O) groups is 2. The Bertz CT molecular complexity index is 433. The van der Waals surface area contributed by atoms with Crippen LogP contribution >= 0.6 is 0 Å². The first kappa shape index (κ1) is 18.0. The van der Waals surface area contributed by atoms with Crippen LogP contribution in [0.1, 0.15) is 50.5 Å². The van der Waals surface area contributed by atoms with Crippen LogP contribution in [-0.2, 0) is 4.74 Å². The van der Waals surface area contributed by atoms with Gasteiger partial charge in [0.05, 0.1) is 0 Å². The Morgan fingerprint density at radius 1 is 1.00 bits per heavy atom. The zero-order valence-corrected chi connectivity index (χ0v) is 13.0. The molecule has 0 saturated heterocycles. The second-order valence-electron chi connectivity index (χ2n) is 4.95. The molecule has 1 rings (SSSR count). The SMILES string of the molecule is CC.Cc1ccc(C(=O)NNC(=O)OC(C)(C)C)cc1. The van der Waals surface area contributed by atoms with Crippen molar-refractivity contribution in [2.75, 3.05) is 0 Å². The highest BCUT2D eigenvalue weighted by molar-refractivity contribution is 5.94. The highest BCUT2D eigenvalue weighted by Gasteiger charge is 2.16. The van der Waals surface area contributed by atoms with Crippen LogP contribution < -0.4 is 10.9 Å². The molecule has 0 atom stereocenters. The minimum atomic E-state index is -0.692. The maximum absolute atomic E-state index is 11.6. The first-order valence-electron chi connectivity index (χ1n) is 6.64.